The highest BCUT2D eigenvalue weighted by molar-refractivity contribution is 5.98. The van der Waals surface area contributed by atoms with Gasteiger partial charge in [-0.25, -0.2) is 0 Å². The Morgan fingerprint density at radius 2 is 2.16 bits per heavy atom. The fraction of sp³-hybridized carbons (Fsp3) is 0.471. The number of nitrogens with two attached hydrogens (primary N) is 1. The second-order valence-electron chi connectivity index (χ2n) is 4.76. The predicted octanol–water partition coefficient (Wildman–Crippen LogP) is 3.58. The van der Waals surface area contributed by atoms with E-state index in [4.69, 9.17) is 11.1 Å². The Kier molecular flexibility index (Phi) is 6.92. The lowest BCUT2D eigenvalue weighted by atomic mass is 10.00. The number of hydrogen-bond acceptors (Lipinski definition) is 2. The minimum absolute atomic E-state index is 0.483. The van der Waals surface area contributed by atoms with Crippen molar-refractivity contribution in [2.24, 2.45) is 11.7 Å². The van der Waals surface area contributed by atoms with Gasteiger partial charge in [0.15, 0.2) is 0 Å². The van der Waals surface area contributed by atoms with Crippen LogP contribution in [0.5, 0.6) is 0 Å². The van der Waals surface area contributed by atoms with Crippen molar-refractivity contribution in [1.29, 1.82) is 5.41 Å². The first kappa shape index (κ1) is 15.5. The maximum Gasteiger partial charge on any atom is 0.0399 e. The largest absolute Gasteiger partial charge is 0.330 e. The molecule has 0 saturated heterocycles. The highest BCUT2D eigenvalue weighted by Gasteiger charge is 2.02. The fourth-order valence-corrected chi connectivity index (χ4v) is 1.99. The monoisotopic (exact) mass is 256 g/mol. The molecule has 0 heterocycles. The van der Waals surface area contributed by atoms with Gasteiger partial charge in [-0.1, -0.05) is 44.2 Å². The van der Waals surface area contributed by atoms with Gasteiger partial charge >= 0.3 is 0 Å². The summed E-state index contributed by atoms with van der Waals surface area (Å²) in [6.07, 6.45) is 4.05. The molecule has 0 spiro atoms. The lowest BCUT2D eigenvalue weighted by Crippen LogP contribution is -2.08. The van der Waals surface area contributed by atoms with E-state index in [1.807, 2.05) is 24.3 Å². The van der Waals surface area contributed by atoms with Crippen molar-refractivity contribution in [3.05, 3.63) is 35.4 Å². The molecule has 0 bridgehead atoms. The van der Waals surface area contributed by atoms with E-state index in [0.29, 0.717) is 24.6 Å². The molecule has 0 aliphatic heterocycles. The first-order valence-corrected chi connectivity index (χ1v) is 7.10. The molecule has 1 aromatic rings. The molecule has 1 rings (SSSR count). The van der Waals surface area contributed by atoms with Crippen LogP contribution in [0.1, 0.15) is 50.7 Å². The van der Waals surface area contributed by atoms with Crippen LogP contribution in [-0.2, 0) is 0 Å². The van der Waals surface area contributed by atoms with E-state index in [9.17, 15) is 0 Å². The molecule has 1 atom stereocenters. The normalized spacial score (nSPS) is 11.5. The Labute approximate surface area is 116 Å². The van der Waals surface area contributed by atoms with Gasteiger partial charge in [-0.05, 0) is 37.1 Å². The standard InChI is InChI=1S/C17H24N2/c1-3-6-14(4-2)9-10-15-7-5-8-16(13-15)17(19)11-12-18/h5,7-8,13-14,19H,3-4,6,11-12,18H2,1-2H3. The summed E-state index contributed by atoms with van der Waals surface area (Å²) in [4.78, 5) is 0. The Morgan fingerprint density at radius 3 is 2.79 bits per heavy atom. The van der Waals surface area contributed by atoms with Crippen LogP contribution in [0.2, 0.25) is 0 Å². The fourth-order valence-electron chi connectivity index (χ4n) is 1.99. The minimum Gasteiger partial charge on any atom is -0.330 e. The van der Waals surface area contributed by atoms with Gasteiger partial charge in [0, 0.05) is 23.6 Å². The van der Waals surface area contributed by atoms with Crippen LogP contribution in [-0.4, -0.2) is 12.3 Å². The molecule has 1 unspecified atom stereocenters. The highest BCUT2D eigenvalue weighted by atomic mass is 14.5. The van der Waals surface area contributed by atoms with Gasteiger partial charge in [-0.3, -0.25) is 0 Å². The Bertz CT molecular complexity index is 466. The van der Waals surface area contributed by atoms with Crippen LogP contribution >= 0.6 is 0 Å². The lowest BCUT2D eigenvalue weighted by Gasteiger charge is -2.05. The van der Waals surface area contributed by atoms with E-state index in [1.165, 1.54) is 6.42 Å². The van der Waals surface area contributed by atoms with Crippen molar-refractivity contribution in [2.75, 3.05) is 6.54 Å². The molecule has 0 aliphatic rings. The molecule has 2 nitrogen and oxygen atoms in total. The quantitative estimate of drug-likeness (QED) is 0.593. The summed E-state index contributed by atoms with van der Waals surface area (Å²) >= 11 is 0. The van der Waals surface area contributed by atoms with Crippen LogP contribution in [0.15, 0.2) is 24.3 Å². The van der Waals surface area contributed by atoms with Crippen LogP contribution < -0.4 is 5.73 Å². The molecule has 2 heteroatoms. The summed E-state index contributed by atoms with van der Waals surface area (Å²) in [6, 6.07) is 7.91. The van der Waals surface area contributed by atoms with Gasteiger partial charge in [0.2, 0.25) is 0 Å². The molecule has 19 heavy (non-hydrogen) atoms. The molecule has 0 aliphatic carbocycles. The second kappa shape index (κ2) is 8.50. The maximum atomic E-state index is 7.92. The van der Waals surface area contributed by atoms with Crippen LogP contribution in [0, 0.1) is 23.2 Å². The molecule has 0 aromatic heterocycles. The average Bonchev–Trinajstić information content (AvgIpc) is 2.44. The summed E-state index contributed by atoms with van der Waals surface area (Å²) < 4.78 is 0. The van der Waals surface area contributed by atoms with E-state index < -0.39 is 0 Å². The first-order chi connectivity index (χ1) is 9.21. The minimum atomic E-state index is 0.483. The van der Waals surface area contributed by atoms with Gasteiger partial charge in [0.25, 0.3) is 0 Å². The molecule has 3 N–H and O–H groups in total. The maximum absolute atomic E-state index is 7.92. The predicted molar refractivity (Wildman–Crippen MR) is 82.5 cm³/mol. The van der Waals surface area contributed by atoms with Gasteiger partial charge in [-0.15, -0.1) is 0 Å². The summed E-state index contributed by atoms with van der Waals surface area (Å²) in [6.45, 7) is 4.89. The lowest BCUT2D eigenvalue weighted by molar-refractivity contribution is 0.581. The van der Waals surface area contributed by atoms with Crippen molar-refractivity contribution in [3.63, 3.8) is 0 Å². The molecular weight excluding hydrogens is 232 g/mol. The molecule has 1 aromatic carbocycles. The van der Waals surface area contributed by atoms with E-state index in [-0.39, 0.29) is 0 Å². The zero-order valence-electron chi connectivity index (χ0n) is 12.0. The van der Waals surface area contributed by atoms with Gasteiger partial charge in [-0.2, -0.15) is 0 Å². The van der Waals surface area contributed by atoms with Crippen LogP contribution in [0.25, 0.3) is 0 Å². The third-order valence-electron chi connectivity index (χ3n) is 3.16. The molecule has 0 radical (unpaired) electrons. The summed E-state index contributed by atoms with van der Waals surface area (Å²) in [7, 11) is 0. The van der Waals surface area contributed by atoms with Crippen LogP contribution in [0.3, 0.4) is 0 Å². The van der Waals surface area contributed by atoms with E-state index >= 15 is 0 Å². The van der Waals surface area contributed by atoms with Crippen molar-refractivity contribution < 1.29 is 0 Å². The first-order valence-electron chi connectivity index (χ1n) is 7.10. The third kappa shape index (κ3) is 5.28. The van der Waals surface area contributed by atoms with E-state index in [2.05, 4.69) is 25.7 Å². The summed E-state index contributed by atoms with van der Waals surface area (Å²) in [5, 5.41) is 7.92. The topological polar surface area (TPSA) is 49.9 Å². The van der Waals surface area contributed by atoms with Crippen LogP contribution in [0.4, 0.5) is 0 Å². The molecule has 0 fully saturated rings. The second-order valence-corrected chi connectivity index (χ2v) is 4.76. The molecule has 0 amide bonds. The van der Waals surface area contributed by atoms with Crippen molar-refractivity contribution in [2.45, 2.75) is 39.5 Å². The number of nitrogens with one attached hydrogen (secondary N) is 1. The smallest absolute Gasteiger partial charge is 0.0399 e. The summed E-state index contributed by atoms with van der Waals surface area (Å²) in [5.74, 6) is 7.06. The Morgan fingerprint density at radius 1 is 1.37 bits per heavy atom. The van der Waals surface area contributed by atoms with E-state index in [1.54, 1.807) is 0 Å². The molecule has 102 valence electrons. The summed E-state index contributed by atoms with van der Waals surface area (Å²) in [5.41, 5.74) is 8.00. The Balaban J connectivity index is 2.82. The SMILES string of the molecule is CCCC(C#Cc1cccc(C(=N)CCN)c1)CC. The van der Waals surface area contributed by atoms with Crippen molar-refractivity contribution in [1.82, 2.24) is 0 Å². The van der Waals surface area contributed by atoms with Gasteiger partial charge < -0.3 is 11.1 Å². The van der Waals surface area contributed by atoms with E-state index in [0.717, 1.165) is 24.0 Å². The van der Waals surface area contributed by atoms with Gasteiger partial charge in [0.05, 0.1) is 0 Å². The Hall–Kier alpha value is -1.59. The number of benzene rings is 1. The third-order valence-corrected chi connectivity index (χ3v) is 3.16. The van der Waals surface area contributed by atoms with Crippen molar-refractivity contribution >= 4 is 5.71 Å². The van der Waals surface area contributed by atoms with Crippen molar-refractivity contribution in [3.8, 4) is 11.8 Å². The van der Waals surface area contributed by atoms with Gasteiger partial charge in [0.1, 0.15) is 0 Å². The zero-order chi connectivity index (χ0) is 14.1. The average molecular weight is 256 g/mol. The highest BCUT2D eigenvalue weighted by Crippen LogP contribution is 2.11. The molecular formula is C17H24N2. The number of hydrogen-bond donors (Lipinski definition) is 2. The number of rotatable bonds is 6. The zero-order valence-corrected chi connectivity index (χ0v) is 12.0. The molecule has 0 saturated carbocycles.